The fraction of sp³-hybridized carbons (Fsp3) is 0.115. The summed E-state index contributed by atoms with van der Waals surface area (Å²) in [5.41, 5.74) is 2.91. The molecular formula is C26H23ClN4O2S. The number of aryl methyl sites for hydroxylation is 1. The Bertz CT molecular complexity index is 1200. The monoisotopic (exact) mass is 490 g/mol. The zero-order valence-electron chi connectivity index (χ0n) is 18.5. The number of hydrogen-bond acceptors (Lipinski definition) is 5. The summed E-state index contributed by atoms with van der Waals surface area (Å²) in [5, 5.41) is 19.2. The second-order valence-corrected chi connectivity index (χ2v) is 8.58. The number of thioether (sulfide) groups is 1. The Kier molecular flexibility index (Phi) is 9.15. The van der Waals surface area contributed by atoms with Crippen molar-refractivity contribution < 1.29 is 9.59 Å². The molecule has 0 atom stereocenters. The van der Waals surface area contributed by atoms with Crippen LogP contribution in [0.1, 0.15) is 12.5 Å². The topological polar surface area (TPSA) is 94.0 Å². The van der Waals surface area contributed by atoms with Crippen molar-refractivity contribution >= 4 is 52.2 Å². The predicted molar refractivity (Wildman–Crippen MR) is 140 cm³/mol. The zero-order chi connectivity index (χ0) is 24.3. The van der Waals surface area contributed by atoms with Gasteiger partial charge in [0.15, 0.2) is 0 Å². The Morgan fingerprint density at radius 1 is 0.853 bits per heavy atom. The quantitative estimate of drug-likeness (QED) is 0.250. The number of nitrogens with one attached hydrogen (secondary N) is 3. The number of para-hydroxylation sites is 1. The van der Waals surface area contributed by atoms with Crippen molar-refractivity contribution in [3.63, 3.8) is 0 Å². The minimum Gasteiger partial charge on any atom is -0.349 e. The number of rotatable bonds is 9. The third-order valence-corrected chi connectivity index (χ3v) is 5.95. The van der Waals surface area contributed by atoms with Crippen LogP contribution < -0.4 is 16.0 Å². The van der Waals surface area contributed by atoms with Gasteiger partial charge >= 0.3 is 0 Å². The van der Waals surface area contributed by atoms with E-state index in [9.17, 15) is 14.9 Å². The maximum absolute atomic E-state index is 12.9. The van der Waals surface area contributed by atoms with E-state index in [-0.39, 0.29) is 22.3 Å². The lowest BCUT2D eigenvalue weighted by Crippen LogP contribution is -2.19. The van der Waals surface area contributed by atoms with Gasteiger partial charge in [0.2, 0.25) is 5.91 Å². The summed E-state index contributed by atoms with van der Waals surface area (Å²) in [6, 6.07) is 25.3. The van der Waals surface area contributed by atoms with Crippen LogP contribution in [0, 0.1) is 11.3 Å². The van der Waals surface area contributed by atoms with Crippen LogP contribution in [0.2, 0.25) is 5.02 Å². The number of benzene rings is 3. The van der Waals surface area contributed by atoms with Crippen LogP contribution >= 0.6 is 23.4 Å². The summed E-state index contributed by atoms with van der Waals surface area (Å²) in [6.07, 6.45) is 0.915. The van der Waals surface area contributed by atoms with Crippen molar-refractivity contribution in [2.45, 2.75) is 13.3 Å². The average Bonchev–Trinajstić information content (AvgIpc) is 2.85. The first kappa shape index (κ1) is 24.9. The molecule has 0 aliphatic rings. The summed E-state index contributed by atoms with van der Waals surface area (Å²) >= 11 is 6.97. The van der Waals surface area contributed by atoms with Gasteiger partial charge in [0.25, 0.3) is 5.91 Å². The molecule has 0 heterocycles. The Morgan fingerprint density at radius 2 is 1.44 bits per heavy atom. The standard InChI is InChI=1S/C26H23ClN4O2S/c1-2-18-8-12-21(13-9-18)29-24(32)17-34-26(31-20-6-4-3-5-7-20)23(16-28)25(33)30-22-14-10-19(27)11-15-22/h3-15,31H,2,17H2,1H3,(H,29,32)(H,30,33)/b26-23-. The van der Waals surface area contributed by atoms with E-state index in [1.54, 1.807) is 24.3 Å². The van der Waals surface area contributed by atoms with Crippen molar-refractivity contribution in [2.24, 2.45) is 0 Å². The Balaban J connectivity index is 1.77. The molecule has 8 heteroatoms. The minimum absolute atomic E-state index is 0.00407. The molecule has 0 radical (unpaired) electrons. The highest BCUT2D eigenvalue weighted by molar-refractivity contribution is 8.03. The van der Waals surface area contributed by atoms with Gasteiger partial charge < -0.3 is 16.0 Å². The summed E-state index contributed by atoms with van der Waals surface area (Å²) < 4.78 is 0. The normalized spacial score (nSPS) is 11.1. The first-order valence-corrected chi connectivity index (χ1v) is 11.9. The number of halogens is 1. The molecule has 34 heavy (non-hydrogen) atoms. The largest absolute Gasteiger partial charge is 0.349 e. The molecule has 3 N–H and O–H groups in total. The van der Waals surface area contributed by atoms with Crippen molar-refractivity contribution in [1.82, 2.24) is 0 Å². The second-order valence-electron chi connectivity index (χ2n) is 7.16. The molecule has 0 unspecified atom stereocenters. The van der Waals surface area contributed by atoms with E-state index in [0.717, 1.165) is 18.2 Å². The molecule has 172 valence electrons. The molecule has 6 nitrogen and oxygen atoms in total. The summed E-state index contributed by atoms with van der Waals surface area (Å²) in [4.78, 5) is 25.4. The molecule has 0 saturated heterocycles. The number of anilines is 3. The molecule has 0 aliphatic carbocycles. The molecule has 3 rings (SSSR count). The number of carbonyl (C=O) groups excluding carboxylic acids is 2. The number of amides is 2. The van der Waals surface area contributed by atoms with E-state index in [0.29, 0.717) is 22.1 Å². The van der Waals surface area contributed by atoms with E-state index < -0.39 is 5.91 Å². The van der Waals surface area contributed by atoms with Crippen LogP contribution in [0.3, 0.4) is 0 Å². The highest BCUT2D eigenvalue weighted by Crippen LogP contribution is 2.24. The molecule has 0 aromatic heterocycles. The Hall–Kier alpha value is -3.73. The summed E-state index contributed by atoms with van der Waals surface area (Å²) in [5.74, 6) is -0.840. The highest BCUT2D eigenvalue weighted by atomic mass is 35.5. The lowest BCUT2D eigenvalue weighted by Gasteiger charge is -2.14. The van der Waals surface area contributed by atoms with Gasteiger partial charge in [0, 0.05) is 22.1 Å². The van der Waals surface area contributed by atoms with E-state index in [2.05, 4.69) is 22.9 Å². The molecule has 3 aromatic rings. The van der Waals surface area contributed by atoms with Gasteiger partial charge in [-0.2, -0.15) is 5.26 Å². The van der Waals surface area contributed by atoms with Gasteiger partial charge in [-0.1, -0.05) is 60.6 Å². The van der Waals surface area contributed by atoms with Crippen molar-refractivity contribution in [2.75, 3.05) is 21.7 Å². The smallest absolute Gasteiger partial charge is 0.269 e. The molecule has 0 spiro atoms. The van der Waals surface area contributed by atoms with Gasteiger partial charge in [-0.3, -0.25) is 9.59 Å². The van der Waals surface area contributed by atoms with Crippen molar-refractivity contribution in [1.29, 1.82) is 5.26 Å². The summed E-state index contributed by atoms with van der Waals surface area (Å²) in [7, 11) is 0. The third-order valence-electron chi connectivity index (χ3n) is 4.69. The highest BCUT2D eigenvalue weighted by Gasteiger charge is 2.18. The van der Waals surface area contributed by atoms with E-state index in [1.807, 2.05) is 60.7 Å². The fourth-order valence-electron chi connectivity index (χ4n) is 2.91. The maximum Gasteiger partial charge on any atom is 0.269 e. The fourth-order valence-corrected chi connectivity index (χ4v) is 3.86. The number of carbonyl (C=O) groups is 2. The number of nitriles is 1. The van der Waals surface area contributed by atoms with Crippen molar-refractivity contribution in [3.05, 3.63) is 100 Å². The lowest BCUT2D eigenvalue weighted by atomic mass is 10.1. The van der Waals surface area contributed by atoms with Gasteiger partial charge in [-0.05, 0) is 60.5 Å². The van der Waals surface area contributed by atoms with Crippen LogP contribution in [0.15, 0.2) is 89.5 Å². The lowest BCUT2D eigenvalue weighted by molar-refractivity contribution is -0.114. The second kappa shape index (κ2) is 12.5. The van der Waals surface area contributed by atoms with Gasteiger partial charge in [0.1, 0.15) is 11.6 Å². The molecule has 2 amide bonds. The van der Waals surface area contributed by atoms with Gasteiger partial charge in [-0.15, -0.1) is 0 Å². The number of hydrogen-bond donors (Lipinski definition) is 3. The zero-order valence-corrected chi connectivity index (χ0v) is 20.0. The van der Waals surface area contributed by atoms with Crippen LogP contribution in [-0.2, 0) is 16.0 Å². The van der Waals surface area contributed by atoms with E-state index in [1.165, 1.54) is 5.56 Å². The van der Waals surface area contributed by atoms with Crippen LogP contribution in [0.5, 0.6) is 0 Å². The Labute approximate surface area is 208 Å². The van der Waals surface area contributed by atoms with Crippen LogP contribution in [0.25, 0.3) is 0 Å². The molecule has 0 fully saturated rings. The molecular weight excluding hydrogens is 468 g/mol. The molecule has 0 bridgehead atoms. The Morgan fingerprint density at radius 3 is 2.06 bits per heavy atom. The SMILES string of the molecule is CCc1ccc(NC(=O)CS/C(Nc2ccccc2)=C(/C#N)C(=O)Nc2ccc(Cl)cc2)cc1. The molecule has 0 aliphatic heterocycles. The van der Waals surface area contributed by atoms with Gasteiger partial charge in [-0.25, -0.2) is 0 Å². The minimum atomic E-state index is -0.591. The van der Waals surface area contributed by atoms with Crippen molar-refractivity contribution in [3.8, 4) is 6.07 Å². The van der Waals surface area contributed by atoms with Crippen LogP contribution in [0.4, 0.5) is 17.1 Å². The average molecular weight is 491 g/mol. The van der Waals surface area contributed by atoms with Gasteiger partial charge in [0.05, 0.1) is 10.8 Å². The number of nitrogens with zero attached hydrogens (tertiary/aromatic N) is 1. The third kappa shape index (κ3) is 7.41. The maximum atomic E-state index is 12.9. The molecule has 0 saturated carbocycles. The van der Waals surface area contributed by atoms with E-state index in [4.69, 9.17) is 11.6 Å². The summed E-state index contributed by atoms with van der Waals surface area (Å²) in [6.45, 7) is 2.06. The van der Waals surface area contributed by atoms with Crippen LogP contribution in [-0.4, -0.2) is 17.6 Å². The first-order chi connectivity index (χ1) is 16.5. The molecule has 3 aromatic carbocycles. The van der Waals surface area contributed by atoms with E-state index >= 15 is 0 Å². The first-order valence-electron chi connectivity index (χ1n) is 10.5. The predicted octanol–water partition coefficient (Wildman–Crippen LogP) is 6.06.